The molecule has 3 aliphatic rings. The number of amides is 2. The predicted molar refractivity (Wildman–Crippen MR) is 100 cm³/mol. The van der Waals surface area contributed by atoms with Crippen molar-refractivity contribution in [3.8, 4) is 0 Å². The van der Waals surface area contributed by atoms with Crippen molar-refractivity contribution in [3.05, 3.63) is 18.6 Å². The van der Waals surface area contributed by atoms with Gasteiger partial charge < -0.3 is 20.1 Å². The Morgan fingerprint density at radius 3 is 2.62 bits per heavy atom. The quantitative estimate of drug-likeness (QED) is 0.869. The largest absolute Gasteiger partial charge is 0.352 e. The topological polar surface area (TPSA) is 77.2 Å². The smallest absolute Gasteiger partial charge is 0.318 e. The van der Waals surface area contributed by atoms with E-state index in [-0.39, 0.29) is 18.1 Å². The first kappa shape index (κ1) is 15.9. The van der Waals surface area contributed by atoms with Crippen LogP contribution in [0.1, 0.15) is 44.9 Å². The number of anilines is 1. The SMILES string of the molecule is O=C(NC1CCCCC1)N1C2CCC1CN(c1ncnc3[nH]ccc13)C2. The number of hydrogen-bond donors (Lipinski definition) is 2. The molecule has 7 nitrogen and oxygen atoms in total. The Hall–Kier alpha value is -2.31. The van der Waals surface area contributed by atoms with E-state index in [0.717, 1.165) is 55.6 Å². The van der Waals surface area contributed by atoms with Crippen LogP contribution in [-0.2, 0) is 0 Å². The Morgan fingerprint density at radius 1 is 1.08 bits per heavy atom. The van der Waals surface area contributed by atoms with Crippen LogP contribution >= 0.6 is 0 Å². The summed E-state index contributed by atoms with van der Waals surface area (Å²) in [6.07, 6.45) is 11.8. The summed E-state index contributed by atoms with van der Waals surface area (Å²) in [6.45, 7) is 1.71. The molecular formula is C19H26N6O. The lowest BCUT2D eigenvalue weighted by Gasteiger charge is -2.42. The summed E-state index contributed by atoms with van der Waals surface area (Å²) < 4.78 is 0. The molecular weight excluding hydrogens is 328 g/mol. The Labute approximate surface area is 153 Å². The molecule has 26 heavy (non-hydrogen) atoms. The van der Waals surface area contributed by atoms with Crippen molar-refractivity contribution < 1.29 is 4.79 Å². The molecule has 1 saturated carbocycles. The zero-order chi connectivity index (χ0) is 17.5. The third-order valence-corrected chi connectivity index (χ3v) is 6.28. The molecule has 2 saturated heterocycles. The number of urea groups is 1. The minimum Gasteiger partial charge on any atom is -0.352 e. The molecule has 2 aromatic heterocycles. The fourth-order valence-corrected chi connectivity index (χ4v) is 5.01. The first-order valence-corrected chi connectivity index (χ1v) is 9.91. The van der Waals surface area contributed by atoms with Gasteiger partial charge in [0.05, 0.1) is 17.5 Å². The second-order valence-corrected chi connectivity index (χ2v) is 7.92. The fourth-order valence-electron chi connectivity index (χ4n) is 5.01. The number of piperazine rings is 1. The van der Waals surface area contributed by atoms with Crippen LogP contribution in [0.25, 0.3) is 11.0 Å². The van der Waals surface area contributed by atoms with Crippen molar-refractivity contribution in [2.75, 3.05) is 18.0 Å². The molecule has 5 rings (SSSR count). The minimum absolute atomic E-state index is 0.151. The second-order valence-electron chi connectivity index (χ2n) is 7.92. The van der Waals surface area contributed by atoms with Gasteiger partial charge in [-0.3, -0.25) is 0 Å². The average molecular weight is 354 g/mol. The van der Waals surface area contributed by atoms with Crippen molar-refractivity contribution in [1.29, 1.82) is 0 Å². The normalized spacial score (nSPS) is 26.5. The number of aromatic amines is 1. The lowest BCUT2D eigenvalue weighted by molar-refractivity contribution is 0.156. The van der Waals surface area contributed by atoms with Crippen LogP contribution in [0.5, 0.6) is 0 Å². The zero-order valence-corrected chi connectivity index (χ0v) is 15.0. The Bertz CT molecular complexity index is 784. The maximum absolute atomic E-state index is 12.9. The van der Waals surface area contributed by atoms with Crippen LogP contribution < -0.4 is 10.2 Å². The van der Waals surface area contributed by atoms with Gasteiger partial charge in [0.15, 0.2) is 0 Å². The van der Waals surface area contributed by atoms with Crippen LogP contribution in [0.15, 0.2) is 18.6 Å². The van der Waals surface area contributed by atoms with E-state index >= 15 is 0 Å². The number of H-pyrrole nitrogens is 1. The number of aromatic nitrogens is 3. The van der Waals surface area contributed by atoms with Gasteiger partial charge in [0, 0.05) is 25.3 Å². The molecule has 2 amide bonds. The van der Waals surface area contributed by atoms with Crippen LogP contribution in [0.4, 0.5) is 10.6 Å². The molecule has 2 unspecified atom stereocenters. The summed E-state index contributed by atoms with van der Waals surface area (Å²) in [5.74, 6) is 0.987. The van der Waals surface area contributed by atoms with Crippen LogP contribution in [0.3, 0.4) is 0 Å². The van der Waals surface area contributed by atoms with E-state index < -0.39 is 0 Å². The average Bonchev–Trinajstić information content (AvgIpc) is 3.24. The molecule has 0 radical (unpaired) electrons. The summed E-state index contributed by atoms with van der Waals surface area (Å²) in [6, 6.07) is 3.12. The molecule has 2 N–H and O–H groups in total. The summed E-state index contributed by atoms with van der Waals surface area (Å²) in [5, 5.41) is 4.37. The van der Waals surface area contributed by atoms with Crippen LogP contribution in [0.2, 0.25) is 0 Å². The number of nitrogens with zero attached hydrogens (tertiary/aromatic N) is 4. The number of carbonyl (C=O) groups excluding carboxylic acids is 1. The highest BCUT2D eigenvalue weighted by Crippen LogP contribution is 2.34. The van der Waals surface area contributed by atoms with E-state index in [1.165, 1.54) is 19.3 Å². The predicted octanol–water partition coefficient (Wildman–Crippen LogP) is 2.65. The maximum Gasteiger partial charge on any atom is 0.318 e. The van der Waals surface area contributed by atoms with Gasteiger partial charge in [-0.2, -0.15) is 0 Å². The first-order chi connectivity index (χ1) is 12.8. The van der Waals surface area contributed by atoms with E-state index in [1.807, 2.05) is 12.3 Å². The van der Waals surface area contributed by atoms with Gasteiger partial charge in [-0.15, -0.1) is 0 Å². The fraction of sp³-hybridized carbons (Fsp3) is 0.632. The number of fused-ring (bicyclic) bond motifs is 3. The second kappa shape index (κ2) is 6.45. The Kier molecular flexibility index (Phi) is 3.94. The third-order valence-electron chi connectivity index (χ3n) is 6.28. The standard InChI is InChI=1S/C19H26N6O/c26-19(23-13-4-2-1-3-5-13)25-14-6-7-15(25)11-24(10-14)18-16-8-9-20-17(16)21-12-22-18/h8-9,12-15H,1-7,10-11H2,(H,23,26)(H,20,21,22). The summed E-state index contributed by atoms with van der Waals surface area (Å²) >= 11 is 0. The van der Waals surface area contributed by atoms with Gasteiger partial charge in [-0.1, -0.05) is 19.3 Å². The molecule has 2 aromatic rings. The van der Waals surface area contributed by atoms with E-state index in [0.29, 0.717) is 6.04 Å². The molecule has 3 fully saturated rings. The van der Waals surface area contributed by atoms with Gasteiger partial charge >= 0.3 is 6.03 Å². The number of carbonyl (C=O) groups is 1. The van der Waals surface area contributed by atoms with Crippen molar-refractivity contribution in [3.63, 3.8) is 0 Å². The van der Waals surface area contributed by atoms with Gasteiger partial charge in [0.25, 0.3) is 0 Å². The molecule has 1 aliphatic carbocycles. The molecule has 2 atom stereocenters. The van der Waals surface area contributed by atoms with Gasteiger partial charge in [-0.05, 0) is 31.7 Å². The van der Waals surface area contributed by atoms with Gasteiger partial charge in [0.1, 0.15) is 17.8 Å². The highest BCUT2D eigenvalue weighted by molar-refractivity contribution is 5.87. The van der Waals surface area contributed by atoms with Crippen molar-refractivity contribution in [2.24, 2.45) is 0 Å². The highest BCUT2D eigenvalue weighted by atomic mass is 16.2. The van der Waals surface area contributed by atoms with E-state index in [1.54, 1.807) is 6.33 Å². The molecule has 138 valence electrons. The maximum atomic E-state index is 12.9. The summed E-state index contributed by atoms with van der Waals surface area (Å²) in [7, 11) is 0. The van der Waals surface area contributed by atoms with Crippen molar-refractivity contribution in [2.45, 2.75) is 63.1 Å². The Balaban J connectivity index is 1.32. The number of hydrogen-bond acceptors (Lipinski definition) is 4. The van der Waals surface area contributed by atoms with E-state index in [9.17, 15) is 4.79 Å². The summed E-state index contributed by atoms with van der Waals surface area (Å²) in [4.78, 5) is 29.4. The summed E-state index contributed by atoms with van der Waals surface area (Å²) in [5.41, 5.74) is 0.875. The zero-order valence-electron chi connectivity index (χ0n) is 15.0. The van der Waals surface area contributed by atoms with Crippen molar-refractivity contribution >= 4 is 22.9 Å². The minimum atomic E-state index is 0.151. The molecule has 7 heteroatoms. The van der Waals surface area contributed by atoms with Gasteiger partial charge in [0.2, 0.25) is 0 Å². The van der Waals surface area contributed by atoms with E-state index in [4.69, 9.17) is 0 Å². The van der Waals surface area contributed by atoms with Crippen LogP contribution in [-0.4, -0.2) is 57.1 Å². The number of nitrogens with one attached hydrogen (secondary N) is 2. The molecule has 0 spiro atoms. The lowest BCUT2D eigenvalue weighted by Crippen LogP contribution is -2.59. The van der Waals surface area contributed by atoms with Crippen molar-refractivity contribution in [1.82, 2.24) is 25.2 Å². The molecule has 4 heterocycles. The van der Waals surface area contributed by atoms with E-state index in [2.05, 4.69) is 30.1 Å². The molecule has 2 bridgehead atoms. The first-order valence-electron chi connectivity index (χ1n) is 9.91. The Morgan fingerprint density at radius 2 is 1.85 bits per heavy atom. The number of rotatable bonds is 2. The highest BCUT2D eigenvalue weighted by Gasteiger charge is 2.43. The molecule has 2 aliphatic heterocycles. The molecule has 0 aromatic carbocycles. The van der Waals surface area contributed by atoms with Gasteiger partial charge in [-0.25, -0.2) is 14.8 Å². The third kappa shape index (κ3) is 2.70. The monoisotopic (exact) mass is 354 g/mol. The van der Waals surface area contributed by atoms with Crippen LogP contribution in [0, 0.1) is 0 Å². The lowest BCUT2D eigenvalue weighted by atomic mass is 9.96.